The van der Waals surface area contributed by atoms with E-state index in [1.54, 1.807) is 0 Å². The van der Waals surface area contributed by atoms with Gasteiger partial charge >= 0.3 is 0 Å². The molecule has 0 aliphatic carbocycles. The van der Waals surface area contributed by atoms with Gasteiger partial charge in [0, 0.05) is 25.2 Å². The number of benzene rings is 1. The zero-order valence-corrected chi connectivity index (χ0v) is 11.0. The second-order valence-corrected chi connectivity index (χ2v) is 5.20. The summed E-state index contributed by atoms with van der Waals surface area (Å²) in [6.45, 7) is 6.83. The van der Waals surface area contributed by atoms with Crippen LogP contribution in [0, 0.1) is 5.92 Å². The van der Waals surface area contributed by atoms with Gasteiger partial charge in [0.2, 0.25) is 0 Å². The van der Waals surface area contributed by atoms with Crippen LogP contribution in [0.4, 0.5) is 0 Å². The molecule has 2 N–H and O–H groups in total. The molecule has 2 nitrogen and oxygen atoms in total. The lowest BCUT2D eigenvalue weighted by molar-refractivity contribution is 0.114. The van der Waals surface area contributed by atoms with Gasteiger partial charge in [0.15, 0.2) is 0 Å². The fraction of sp³-hybridized carbons (Fsp3) is 0.600. The highest BCUT2D eigenvalue weighted by atomic mass is 15.2. The number of hydrogen-bond acceptors (Lipinski definition) is 2. The lowest BCUT2D eigenvalue weighted by Crippen LogP contribution is -2.47. The smallest absolute Gasteiger partial charge is 0.0320 e. The largest absolute Gasteiger partial charge is 0.327 e. The first-order valence-corrected chi connectivity index (χ1v) is 6.77. The van der Waals surface area contributed by atoms with E-state index in [4.69, 9.17) is 5.73 Å². The van der Waals surface area contributed by atoms with Gasteiger partial charge in [-0.3, -0.25) is 4.90 Å². The number of nitrogens with two attached hydrogens (primary N) is 1. The number of piperidine rings is 1. The highest BCUT2D eigenvalue weighted by molar-refractivity contribution is 5.18. The Morgan fingerprint density at radius 2 is 2.06 bits per heavy atom. The summed E-state index contributed by atoms with van der Waals surface area (Å²) in [7, 11) is 0. The molecule has 94 valence electrons. The summed E-state index contributed by atoms with van der Waals surface area (Å²) in [6.07, 6.45) is 2.33. The molecule has 1 aromatic rings. The third-order valence-corrected chi connectivity index (χ3v) is 4.18. The number of nitrogens with zero attached hydrogens (tertiary/aromatic N) is 1. The zero-order valence-electron chi connectivity index (χ0n) is 11.0. The number of hydrogen-bond donors (Lipinski definition) is 1. The number of rotatable bonds is 3. The molecule has 1 saturated heterocycles. The van der Waals surface area contributed by atoms with E-state index in [1.165, 1.54) is 12.0 Å². The minimum absolute atomic E-state index is 0.402. The Kier molecular flexibility index (Phi) is 4.19. The summed E-state index contributed by atoms with van der Waals surface area (Å²) in [4.78, 5) is 2.58. The number of likely N-dealkylation sites (tertiary alicyclic amines) is 1. The van der Waals surface area contributed by atoms with Crippen molar-refractivity contribution >= 4 is 0 Å². The maximum atomic E-state index is 6.16. The molecule has 0 amide bonds. The molecule has 1 aliphatic heterocycles. The van der Waals surface area contributed by atoms with Crippen LogP contribution >= 0.6 is 0 Å². The highest BCUT2D eigenvalue weighted by Crippen LogP contribution is 2.27. The van der Waals surface area contributed by atoms with Crippen molar-refractivity contribution in [3.05, 3.63) is 35.9 Å². The normalized spacial score (nSPS) is 27.9. The Balaban J connectivity index is 2.03. The van der Waals surface area contributed by atoms with Crippen molar-refractivity contribution in [2.45, 2.75) is 38.8 Å². The molecule has 0 radical (unpaired) electrons. The second kappa shape index (κ2) is 5.65. The fourth-order valence-electron chi connectivity index (χ4n) is 2.80. The van der Waals surface area contributed by atoms with Crippen molar-refractivity contribution in [3.8, 4) is 0 Å². The summed E-state index contributed by atoms with van der Waals surface area (Å²) in [5.41, 5.74) is 7.58. The van der Waals surface area contributed by atoms with E-state index < -0.39 is 0 Å². The predicted octanol–water partition coefficient (Wildman–Crippen LogP) is 2.81. The maximum absolute atomic E-state index is 6.16. The summed E-state index contributed by atoms with van der Waals surface area (Å²) in [5, 5.41) is 0. The van der Waals surface area contributed by atoms with Crippen LogP contribution in [0.2, 0.25) is 0 Å². The van der Waals surface area contributed by atoms with Crippen molar-refractivity contribution in [2.75, 3.05) is 13.1 Å². The monoisotopic (exact) mass is 232 g/mol. The summed E-state index contributed by atoms with van der Waals surface area (Å²) in [5.74, 6) is 0.662. The van der Waals surface area contributed by atoms with Gasteiger partial charge in [0.05, 0.1) is 0 Å². The van der Waals surface area contributed by atoms with Gasteiger partial charge < -0.3 is 5.73 Å². The zero-order chi connectivity index (χ0) is 12.3. The van der Waals surface area contributed by atoms with Crippen LogP contribution in [0.15, 0.2) is 30.3 Å². The van der Waals surface area contributed by atoms with Crippen molar-refractivity contribution in [2.24, 2.45) is 11.7 Å². The molecule has 0 spiro atoms. The van der Waals surface area contributed by atoms with E-state index in [9.17, 15) is 0 Å². The third kappa shape index (κ3) is 2.88. The molecule has 3 atom stereocenters. The molecule has 0 aromatic heterocycles. The average Bonchev–Trinajstić information content (AvgIpc) is 2.39. The molecule has 3 unspecified atom stereocenters. The van der Waals surface area contributed by atoms with E-state index >= 15 is 0 Å². The molecule has 1 aromatic carbocycles. The van der Waals surface area contributed by atoms with Gasteiger partial charge in [-0.25, -0.2) is 0 Å². The minimum atomic E-state index is 0.402. The Morgan fingerprint density at radius 1 is 1.35 bits per heavy atom. The maximum Gasteiger partial charge on any atom is 0.0320 e. The van der Waals surface area contributed by atoms with Gasteiger partial charge in [-0.2, -0.15) is 0 Å². The molecular weight excluding hydrogens is 208 g/mol. The van der Waals surface area contributed by atoms with Gasteiger partial charge in [-0.15, -0.1) is 0 Å². The summed E-state index contributed by atoms with van der Waals surface area (Å²) in [6, 6.07) is 11.7. The van der Waals surface area contributed by atoms with Crippen molar-refractivity contribution < 1.29 is 0 Å². The van der Waals surface area contributed by atoms with E-state index in [2.05, 4.69) is 49.1 Å². The third-order valence-electron chi connectivity index (χ3n) is 4.18. The van der Waals surface area contributed by atoms with Crippen LogP contribution in [0.1, 0.15) is 38.3 Å². The van der Waals surface area contributed by atoms with Crippen molar-refractivity contribution in [1.29, 1.82) is 0 Å². The molecule has 1 aliphatic rings. The first-order valence-electron chi connectivity index (χ1n) is 6.77. The lowest BCUT2D eigenvalue weighted by atomic mass is 9.89. The van der Waals surface area contributed by atoms with Crippen LogP contribution in [0.3, 0.4) is 0 Å². The van der Waals surface area contributed by atoms with E-state index in [-0.39, 0.29) is 0 Å². The van der Waals surface area contributed by atoms with E-state index in [1.807, 2.05) is 0 Å². The first kappa shape index (κ1) is 12.6. The highest BCUT2D eigenvalue weighted by Gasteiger charge is 2.28. The van der Waals surface area contributed by atoms with Crippen LogP contribution in [0.25, 0.3) is 0 Å². The molecular formula is C15H24N2. The van der Waals surface area contributed by atoms with Gasteiger partial charge in [-0.05, 0) is 24.8 Å². The van der Waals surface area contributed by atoms with Crippen LogP contribution < -0.4 is 5.73 Å². The molecule has 1 fully saturated rings. The molecule has 0 saturated carbocycles. The first-order chi connectivity index (χ1) is 8.22. The van der Waals surface area contributed by atoms with Crippen LogP contribution in [0.5, 0.6) is 0 Å². The van der Waals surface area contributed by atoms with Gasteiger partial charge in [-0.1, -0.05) is 43.7 Å². The van der Waals surface area contributed by atoms with E-state index in [0.717, 1.165) is 19.5 Å². The van der Waals surface area contributed by atoms with Crippen LogP contribution in [-0.4, -0.2) is 24.0 Å². The minimum Gasteiger partial charge on any atom is -0.327 e. The van der Waals surface area contributed by atoms with E-state index in [0.29, 0.717) is 18.0 Å². The summed E-state index contributed by atoms with van der Waals surface area (Å²) >= 11 is 0. The Hall–Kier alpha value is -0.860. The molecule has 0 bridgehead atoms. The fourth-order valence-corrected chi connectivity index (χ4v) is 2.80. The standard InChI is InChI=1S/C15H24N2/c1-3-13-11-17(10-9-15(13)16)12(2)14-7-5-4-6-8-14/h4-8,12-13,15H,3,9-11,16H2,1-2H3. The molecule has 2 heteroatoms. The predicted molar refractivity (Wildman–Crippen MR) is 72.8 cm³/mol. The topological polar surface area (TPSA) is 29.3 Å². The Bertz CT molecular complexity index is 336. The summed E-state index contributed by atoms with van der Waals surface area (Å²) < 4.78 is 0. The molecule has 2 rings (SSSR count). The van der Waals surface area contributed by atoms with Gasteiger partial charge in [0.25, 0.3) is 0 Å². The second-order valence-electron chi connectivity index (χ2n) is 5.20. The van der Waals surface area contributed by atoms with Crippen molar-refractivity contribution in [3.63, 3.8) is 0 Å². The molecule has 17 heavy (non-hydrogen) atoms. The van der Waals surface area contributed by atoms with Crippen molar-refractivity contribution in [1.82, 2.24) is 4.90 Å². The lowest BCUT2D eigenvalue weighted by Gasteiger charge is -2.40. The van der Waals surface area contributed by atoms with Gasteiger partial charge in [0.1, 0.15) is 0 Å². The Morgan fingerprint density at radius 3 is 2.71 bits per heavy atom. The Labute approximate surface area is 105 Å². The average molecular weight is 232 g/mol. The quantitative estimate of drug-likeness (QED) is 0.868. The van der Waals surface area contributed by atoms with Crippen LogP contribution in [-0.2, 0) is 0 Å². The SMILES string of the molecule is CCC1CN(C(C)c2ccccc2)CCC1N. The molecule has 1 heterocycles.